The van der Waals surface area contributed by atoms with Gasteiger partial charge in [-0.2, -0.15) is 0 Å². The first kappa shape index (κ1) is 22.3. The van der Waals surface area contributed by atoms with E-state index in [1.165, 1.54) is 35.4 Å². The zero-order valence-corrected chi connectivity index (χ0v) is 18.3. The highest BCUT2D eigenvalue weighted by Crippen LogP contribution is 2.35. The molecule has 0 aliphatic carbocycles. The third kappa shape index (κ3) is 4.93. The van der Waals surface area contributed by atoms with E-state index in [1.54, 1.807) is 0 Å². The van der Waals surface area contributed by atoms with E-state index in [0.717, 1.165) is 24.2 Å². The molecule has 1 heterocycles. The number of rotatable bonds is 8. The molecule has 0 bridgehead atoms. The molecule has 0 spiro atoms. The lowest BCUT2D eigenvalue weighted by molar-refractivity contribution is 0.186. The van der Waals surface area contributed by atoms with Crippen LogP contribution >= 0.6 is 0 Å². The summed E-state index contributed by atoms with van der Waals surface area (Å²) in [7, 11) is -3.83. The minimum absolute atomic E-state index is 0.0152. The minimum atomic E-state index is -3.83. The number of benzene rings is 3. The molecule has 168 valence electrons. The highest BCUT2D eigenvalue weighted by Gasteiger charge is 2.23. The van der Waals surface area contributed by atoms with Crippen molar-refractivity contribution >= 4 is 21.4 Å². The molecule has 3 aromatic carbocycles. The lowest BCUT2D eigenvalue weighted by Crippen LogP contribution is -2.39. The van der Waals surface area contributed by atoms with Gasteiger partial charge < -0.3 is 14.7 Å². The standard InChI is InChI=1S/C24H25FN2O4S/c25-17-31-21-11-13-22(14-12-21)32(29,30)26-15-20(28)16-27-23-7-3-1-5-18(23)9-10-19-6-2-4-8-24(19)27/h1-8,11-14,20,26,28H,9-10,15-17H2/t20-/m1/s1. The average molecular weight is 457 g/mol. The number of aliphatic hydroxyl groups excluding tert-OH is 1. The van der Waals surface area contributed by atoms with Crippen LogP contribution in [-0.4, -0.2) is 39.6 Å². The lowest BCUT2D eigenvalue weighted by atomic mass is 10.0. The predicted molar refractivity (Wildman–Crippen MR) is 122 cm³/mol. The molecule has 32 heavy (non-hydrogen) atoms. The van der Waals surface area contributed by atoms with Crippen molar-refractivity contribution in [2.24, 2.45) is 0 Å². The molecule has 3 aromatic rings. The third-order valence-corrected chi connectivity index (χ3v) is 6.93. The van der Waals surface area contributed by atoms with Crippen LogP contribution in [-0.2, 0) is 22.9 Å². The molecule has 2 N–H and O–H groups in total. The number of fused-ring (bicyclic) bond motifs is 2. The molecule has 0 unspecified atom stereocenters. The summed E-state index contributed by atoms with van der Waals surface area (Å²) in [6.07, 6.45) is 0.849. The molecular formula is C24H25FN2O4S. The summed E-state index contributed by atoms with van der Waals surface area (Å²) in [6, 6.07) is 21.6. The first-order chi connectivity index (χ1) is 15.5. The summed E-state index contributed by atoms with van der Waals surface area (Å²) >= 11 is 0. The van der Waals surface area contributed by atoms with Gasteiger partial charge in [0.05, 0.1) is 17.5 Å². The average Bonchev–Trinajstić information content (AvgIpc) is 2.96. The number of nitrogens with zero attached hydrogens (tertiary/aromatic N) is 1. The molecule has 0 fully saturated rings. The first-order valence-corrected chi connectivity index (χ1v) is 11.9. The second-order valence-corrected chi connectivity index (χ2v) is 9.37. The summed E-state index contributed by atoms with van der Waals surface area (Å²) in [6.45, 7) is -0.898. The number of ether oxygens (including phenoxy) is 1. The van der Waals surface area contributed by atoms with E-state index in [1.807, 2.05) is 36.4 Å². The second-order valence-electron chi connectivity index (χ2n) is 7.60. The van der Waals surface area contributed by atoms with Gasteiger partial charge in [-0.1, -0.05) is 36.4 Å². The molecule has 0 radical (unpaired) electrons. The Morgan fingerprint density at radius 3 is 2.06 bits per heavy atom. The largest absolute Gasteiger partial charge is 0.463 e. The van der Waals surface area contributed by atoms with Crippen LogP contribution in [0.1, 0.15) is 11.1 Å². The summed E-state index contributed by atoms with van der Waals surface area (Å²) in [5.41, 5.74) is 4.41. The fourth-order valence-electron chi connectivity index (χ4n) is 3.91. The number of nitrogens with one attached hydrogen (secondary N) is 1. The Balaban J connectivity index is 1.49. The highest BCUT2D eigenvalue weighted by atomic mass is 32.2. The molecule has 1 aliphatic heterocycles. The normalized spacial score (nSPS) is 14.2. The molecule has 1 aliphatic rings. The van der Waals surface area contributed by atoms with Crippen LogP contribution in [0.5, 0.6) is 5.75 Å². The van der Waals surface area contributed by atoms with Crippen molar-refractivity contribution < 1.29 is 22.7 Å². The van der Waals surface area contributed by atoms with Gasteiger partial charge in [0.25, 0.3) is 0 Å². The van der Waals surface area contributed by atoms with Gasteiger partial charge in [-0.05, 0) is 60.4 Å². The Morgan fingerprint density at radius 2 is 1.50 bits per heavy atom. The third-order valence-electron chi connectivity index (χ3n) is 5.49. The van der Waals surface area contributed by atoms with Crippen LogP contribution in [0.25, 0.3) is 0 Å². The Kier molecular flexibility index (Phi) is 6.74. The molecule has 0 amide bonds. The fraction of sp³-hybridized carbons (Fsp3) is 0.250. The maximum absolute atomic E-state index is 12.6. The number of β-amino-alcohol motifs (C(OH)–C–C–N with tert-alkyl or cyclic N) is 1. The van der Waals surface area contributed by atoms with Crippen LogP contribution < -0.4 is 14.4 Å². The second kappa shape index (κ2) is 9.68. The quantitative estimate of drug-likeness (QED) is 0.542. The number of aliphatic hydroxyl groups is 1. The SMILES string of the molecule is O=S(=O)(NC[C@@H](O)CN1c2ccccc2CCc2ccccc21)c1ccc(OCF)cc1. The number of alkyl halides is 1. The number of hydrogen-bond acceptors (Lipinski definition) is 5. The zero-order chi connectivity index (χ0) is 22.6. The van der Waals surface area contributed by atoms with Gasteiger partial charge in [0.2, 0.25) is 16.9 Å². The molecule has 6 nitrogen and oxygen atoms in total. The number of sulfonamides is 1. The van der Waals surface area contributed by atoms with Crippen molar-refractivity contribution in [2.45, 2.75) is 23.8 Å². The van der Waals surface area contributed by atoms with E-state index in [2.05, 4.69) is 21.8 Å². The van der Waals surface area contributed by atoms with E-state index in [0.29, 0.717) is 0 Å². The Morgan fingerprint density at radius 1 is 0.938 bits per heavy atom. The molecule has 0 aromatic heterocycles. The number of hydrogen-bond donors (Lipinski definition) is 2. The van der Waals surface area contributed by atoms with Gasteiger partial charge in [0.15, 0.2) is 0 Å². The smallest absolute Gasteiger partial charge is 0.240 e. The van der Waals surface area contributed by atoms with Crippen LogP contribution in [0, 0.1) is 0 Å². The van der Waals surface area contributed by atoms with Gasteiger partial charge in [-0.3, -0.25) is 0 Å². The molecule has 1 atom stereocenters. The summed E-state index contributed by atoms with van der Waals surface area (Å²) in [5, 5.41) is 10.7. The van der Waals surface area contributed by atoms with Gasteiger partial charge in [0, 0.05) is 17.9 Å². The Bertz CT molecular complexity index is 1120. The van der Waals surface area contributed by atoms with Crippen molar-refractivity contribution in [3.05, 3.63) is 83.9 Å². The van der Waals surface area contributed by atoms with Crippen molar-refractivity contribution in [2.75, 3.05) is 24.9 Å². The predicted octanol–water partition coefficient (Wildman–Crippen LogP) is 3.57. The highest BCUT2D eigenvalue weighted by molar-refractivity contribution is 7.89. The zero-order valence-electron chi connectivity index (χ0n) is 17.4. The van der Waals surface area contributed by atoms with Crippen molar-refractivity contribution in [3.63, 3.8) is 0 Å². The van der Waals surface area contributed by atoms with Crippen LogP contribution in [0.15, 0.2) is 77.7 Å². The van der Waals surface area contributed by atoms with Crippen LogP contribution in [0.2, 0.25) is 0 Å². The maximum atomic E-state index is 12.6. The maximum Gasteiger partial charge on any atom is 0.240 e. The first-order valence-electron chi connectivity index (χ1n) is 10.4. The number of anilines is 2. The molecule has 0 saturated heterocycles. The van der Waals surface area contributed by atoms with E-state index in [4.69, 9.17) is 4.74 Å². The monoisotopic (exact) mass is 456 g/mol. The molecule has 8 heteroatoms. The van der Waals surface area contributed by atoms with E-state index < -0.39 is 23.0 Å². The van der Waals surface area contributed by atoms with E-state index in [-0.39, 0.29) is 23.7 Å². The molecular weight excluding hydrogens is 431 g/mol. The van der Waals surface area contributed by atoms with Crippen molar-refractivity contribution in [1.82, 2.24) is 4.72 Å². The van der Waals surface area contributed by atoms with Crippen molar-refractivity contribution in [3.8, 4) is 5.75 Å². The van der Waals surface area contributed by atoms with Gasteiger partial charge >= 0.3 is 0 Å². The summed E-state index contributed by atoms with van der Waals surface area (Å²) in [4.78, 5) is 2.07. The summed E-state index contributed by atoms with van der Waals surface area (Å²) < 4.78 is 44.6. The van der Waals surface area contributed by atoms with Crippen LogP contribution in [0.4, 0.5) is 15.8 Å². The topological polar surface area (TPSA) is 78.9 Å². The number of aryl methyl sites for hydroxylation is 2. The molecule has 4 rings (SSSR count). The number of para-hydroxylation sites is 2. The van der Waals surface area contributed by atoms with Gasteiger partial charge in [-0.15, -0.1) is 0 Å². The van der Waals surface area contributed by atoms with Gasteiger partial charge in [-0.25, -0.2) is 17.5 Å². The molecule has 0 saturated carbocycles. The summed E-state index contributed by atoms with van der Waals surface area (Å²) in [5.74, 6) is 0.241. The van der Waals surface area contributed by atoms with E-state index in [9.17, 15) is 17.9 Å². The number of halogens is 1. The fourth-order valence-corrected chi connectivity index (χ4v) is 4.98. The Hall–Kier alpha value is -2.94. The van der Waals surface area contributed by atoms with Crippen LogP contribution in [0.3, 0.4) is 0 Å². The lowest BCUT2D eigenvalue weighted by Gasteiger charge is -2.29. The van der Waals surface area contributed by atoms with Gasteiger partial charge in [0.1, 0.15) is 5.75 Å². The van der Waals surface area contributed by atoms with E-state index >= 15 is 0 Å². The minimum Gasteiger partial charge on any atom is -0.463 e. The van der Waals surface area contributed by atoms with Crippen molar-refractivity contribution in [1.29, 1.82) is 0 Å². The Labute approximate surface area is 187 Å².